The first-order chi connectivity index (χ1) is 15.9. The van der Waals surface area contributed by atoms with Crippen LogP contribution in [0.25, 0.3) is 5.95 Å². The van der Waals surface area contributed by atoms with Crippen LogP contribution < -0.4 is 15.5 Å². The molecule has 4 heterocycles. The van der Waals surface area contributed by atoms with Gasteiger partial charge in [0.1, 0.15) is 18.0 Å². The predicted molar refractivity (Wildman–Crippen MR) is 127 cm³/mol. The molecule has 1 fully saturated rings. The van der Waals surface area contributed by atoms with E-state index in [1.165, 1.54) is 0 Å². The SMILES string of the molecule is CNc1cc(N2CCCC2CNC(=O)c2cn(-c3nc(C)cc(C)n3)nc2C(C)C)ncn1. The zero-order valence-electron chi connectivity index (χ0n) is 19.8. The van der Waals surface area contributed by atoms with Crippen molar-refractivity contribution in [2.45, 2.75) is 52.5 Å². The lowest BCUT2D eigenvalue weighted by atomic mass is 10.1. The summed E-state index contributed by atoms with van der Waals surface area (Å²) >= 11 is 0. The minimum Gasteiger partial charge on any atom is -0.373 e. The van der Waals surface area contributed by atoms with E-state index in [2.05, 4.69) is 40.6 Å². The van der Waals surface area contributed by atoms with Gasteiger partial charge in [0.15, 0.2) is 0 Å². The molecule has 0 aliphatic carbocycles. The zero-order valence-corrected chi connectivity index (χ0v) is 19.8. The summed E-state index contributed by atoms with van der Waals surface area (Å²) in [5.74, 6) is 2.06. The van der Waals surface area contributed by atoms with E-state index < -0.39 is 0 Å². The molecule has 10 nitrogen and oxygen atoms in total. The Morgan fingerprint density at radius 1 is 1.18 bits per heavy atom. The van der Waals surface area contributed by atoms with Crippen LogP contribution in [0, 0.1) is 13.8 Å². The summed E-state index contributed by atoms with van der Waals surface area (Å²) in [7, 11) is 1.84. The van der Waals surface area contributed by atoms with Gasteiger partial charge in [0.25, 0.3) is 11.9 Å². The second-order valence-corrected chi connectivity index (χ2v) is 8.69. The first-order valence-corrected chi connectivity index (χ1v) is 11.3. The maximum absolute atomic E-state index is 13.2. The van der Waals surface area contributed by atoms with Crippen LogP contribution in [0.3, 0.4) is 0 Å². The summed E-state index contributed by atoms with van der Waals surface area (Å²) in [5.41, 5.74) is 3.00. The monoisotopic (exact) mass is 449 g/mol. The van der Waals surface area contributed by atoms with Gasteiger partial charge < -0.3 is 15.5 Å². The molecule has 2 N–H and O–H groups in total. The van der Waals surface area contributed by atoms with Crippen molar-refractivity contribution in [3.63, 3.8) is 0 Å². The molecule has 1 aliphatic heterocycles. The van der Waals surface area contributed by atoms with Gasteiger partial charge in [0, 0.05) is 49.8 Å². The van der Waals surface area contributed by atoms with Crippen LogP contribution in [0.4, 0.5) is 11.6 Å². The van der Waals surface area contributed by atoms with E-state index in [1.807, 2.05) is 46.9 Å². The van der Waals surface area contributed by atoms with Crippen molar-refractivity contribution < 1.29 is 4.79 Å². The maximum Gasteiger partial charge on any atom is 0.254 e. The summed E-state index contributed by atoms with van der Waals surface area (Å²) < 4.78 is 1.60. The van der Waals surface area contributed by atoms with E-state index in [9.17, 15) is 4.79 Å². The zero-order chi connectivity index (χ0) is 23.5. The Kier molecular flexibility index (Phi) is 6.52. The molecular formula is C23H31N9O. The summed E-state index contributed by atoms with van der Waals surface area (Å²) in [4.78, 5) is 33.0. The highest BCUT2D eigenvalue weighted by Crippen LogP contribution is 2.25. The largest absolute Gasteiger partial charge is 0.373 e. The van der Waals surface area contributed by atoms with Crippen molar-refractivity contribution in [1.29, 1.82) is 0 Å². The highest BCUT2D eigenvalue weighted by molar-refractivity contribution is 5.95. The number of nitrogens with one attached hydrogen (secondary N) is 2. The predicted octanol–water partition coefficient (Wildman–Crippen LogP) is 2.63. The molecule has 33 heavy (non-hydrogen) atoms. The molecule has 4 rings (SSSR count). The summed E-state index contributed by atoms with van der Waals surface area (Å²) in [6, 6.07) is 4.02. The number of nitrogens with zero attached hydrogens (tertiary/aromatic N) is 7. The van der Waals surface area contributed by atoms with Gasteiger partial charge in [-0.2, -0.15) is 5.10 Å². The number of carbonyl (C=O) groups excluding carboxylic acids is 1. The second kappa shape index (κ2) is 9.51. The third-order valence-corrected chi connectivity index (χ3v) is 5.79. The molecule has 1 aliphatic rings. The van der Waals surface area contributed by atoms with Gasteiger partial charge in [-0.3, -0.25) is 4.79 Å². The van der Waals surface area contributed by atoms with Gasteiger partial charge in [0.2, 0.25) is 0 Å². The molecule has 0 saturated carbocycles. The molecule has 3 aromatic rings. The minimum absolute atomic E-state index is 0.0851. The number of hydrogen-bond acceptors (Lipinski definition) is 8. The first-order valence-electron chi connectivity index (χ1n) is 11.3. The van der Waals surface area contributed by atoms with E-state index in [4.69, 9.17) is 0 Å². The number of rotatable bonds is 7. The van der Waals surface area contributed by atoms with Crippen molar-refractivity contribution >= 4 is 17.5 Å². The minimum atomic E-state index is -0.139. The highest BCUT2D eigenvalue weighted by Gasteiger charge is 2.27. The van der Waals surface area contributed by atoms with E-state index in [0.29, 0.717) is 18.1 Å². The molecule has 1 amide bonds. The lowest BCUT2D eigenvalue weighted by Gasteiger charge is -2.26. The molecule has 0 aromatic carbocycles. The number of carbonyl (C=O) groups is 1. The Labute approximate surface area is 193 Å². The molecular weight excluding hydrogens is 418 g/mol. The van der Waals surface area contributed by atoms with E-state index in [1.54, 1.807) is 17.2 Å². The van der Waals surface area contributed by atoms with Crippen LogP contribution >= 0.6 is 0 Å². The lowest BCUT2D eigenvalue weighted by molar-refractivity contribution is 0.0950. The summed E-state index contributed by atoms with van der Waals surface area (Å²) in [6.45, 7) is 9.32. The van der Waals surface area contributed by atoms with E-state index in [0.717, 1.165) is 48.1 Å². The fourth-order valence-electron chi connectivity index (χ4n) is 4.20. The van der Waals surface area contributed by atoms with Crippen LogP contribution in [0.15, 0.2) is 24.7 Å². The van der Waals surface area contributed by atoms with Gasteiger partial charge in [0.05, 0.1) is 11.3 Å². The molecule has 0 bridgehead atoms. The Hall–Kier alpha value is -3.56. The van der Waals surface area contributed by atoms with Gasteiger partial charge in [-0.05, 0) is 38.7 Å². The number of amides is 1. The fraction of sp³-hybridized carbons (Fsp3) is 0.478. The smallest absolute Gasteiger partial charge is 0.254 e. The van der Waals surface area contributed by atoms with Crippen molar-refractivity contribution in [3.05, 3.63) is 47.3 Å². The molecule has 1 saturated heterocycles. The van der Waals surface area contributed by atoms with Crippen molar-refractivity contribution in [2.75, 3.05) is 30.4 Å². The van der Waals surface area contributed by atoms with Gasteiger partial charge in [-0.1, -0.05) is 13.8 Å². The normalized spacial score (nSPS) is 15.8. The average molecular weight is 450 g/mol. The molecule has 0 radical (unpaired) electrons. The van der Waals surface area contributed by atoms with Crippen LogP contribution in [-0.4, -0.2) is 61.8 Å². The number of aryl methyl sites for hydroxylation is 2. The van der Waals surface area contributed by atoms with Crippen LogP contribution in [0.5, 0.6) is 0 Å². The van der Waals surface area contributed by atoms with Gasteiger partial charge in [-0.15, -0.1) is 0 Å². The van der Waals surface area contributed by atoms with Crippen LogP contribution in [0.1, 0.15) is 60.0 Å². The van der Waals surface area contributed by atoms with Crippen molar-refractivity contribution in [1.82, 2.24) is 35.0 Å². The third-order valence-electron chi connectivity index (χ3n) is 5.79. The van der Waals surface area contributed by atoms with E-state index >= 15 is 0 Å². The third kappa shape index (κ3) is 4.94. The Balaban J connectivity index is 1.51. The second-order valence-electron chi connectivity index (χ2n) is 8.69. The van der Waals surface area contributed by atoms with Crippen LogP contribution in [-0.2, 0) is 0 Å². The van der Waals surface area contributed by atoms with Crippen molar-refractivity contribution in [2.24, 2.45) is 0 Å². The number of anilines is 2. The van der Waals surface area contributed by atoms with Crippen LogP contribution in [0.2, 0.25) is 0 Å². The van der Waals surface area contributed by atoms with Gasteiger partial charge >= 0.3 is 0 Å². The molecule has 1 atom stereocenters. The molecule has 174 valence electrons. The molecule has 10 heteroatoms. The Morgan fingerprint density at radius 2 is 1.94 bits per heavy atom. The number of aromatic nitrogens is 6. The first kappa shape index (κ1) is 22.6. The molecule has 1 unspecified atom stereocenters. The molecule has 3 aromatic heterocycles. The Morgan fingerprint density at radius 3 is 2.64 bits per heavy atom. The highest BCUT2D eigenvalue weighted by atomic mass is 16.1. The topological polar surface area (TPSA) is 114 Å². The quantitative estimate of drug-likeness (QED) is 0.566. The Bertz CT molecular complexity index is 1120. The van der Waals surface area contributed by atoms with Gasteiger partial charge in [-0.25, -0.2) is 24.6 Å². The van der Waals surface area contributed by atoms with E-state index in [-0.39, 0.29) is 17.9 Å². The average Bonchev–Trinajstić information content (AvgIpc) is 3.44. The standard InChI is InChI=1S/C23H31N9O/c1-14(2)21-18(12-32(30-21)23-28-15(3)9-16(4)29-23)22(33)25-11-17-7-6-8-31(17)20-10-19(24-5)26-13-27-20/h9-10,12-14,17H,6-8,11H2,1-5H3,(H,25,33)(H,24,26,27). The summed E-state index contributed by atoms with van der Waals surface area (Å²) in [5, 5.41) is 10.8. The maximum atomic E-state index is 13.2. The summed E-state index contributed by atoms with van der Waals surface area (Å²) in [6.07, 6.45) is 5.34. The number of hydrogen-bond donors (Lipinski definition) is 2. The molecule has 0 spiro atoms. The fourth-order valence-corrected chi connectivity index (χ4v) is 4.20. The lowest BCUT2D eigenvalue weighted by Crippen LogP contribution is -2.40. The van der Waals surface area contributed by atoms with Crippen molar-refractivity contribution in [3.8, 4) is 5.95 Å².